The average molecular weight is 268 g/mol. The second-order valence-corrected chi connectivity index (χ2v) is 5.07. The van der Waals surface area contributed by atoms with Crippen molar-refractivity contribution in [3.8, 4) is 5.69 Å². The van der Waals surface area contributed by atoms with E-state index in [0.717, 1.165) is 17.8 Å². The fourth-order valence-corrected chi connectivity index (χ4v) is 2.06. The molecule has 0 bridgehead atoms. The van der Waals surface area contributed by atoms with Gasteiger partial charge in [-0.15, -0.1) is 28.5 Å². The molecular weight excluding hydrogens is 254 g/mol. The molecule has 90 valence electrons. The van der Waals surface area contributed by atoms with Crippen LogP contribution in [0.3, 0.4) is 0 Å². The number of thioether (sulfide) groups is 1. The molecule has 1 aromatic heterocycles. The highest BCUT2D eigenvalue weighted by Crippen LogP contribution is 2.23. The third-order valence-electron chi connectivity index (χ3n) is 2.51. The predicted molar refractivity (Wildman–Crippen MR) is 72.0 cm³/mol. The van der Waals surface area contributed by atoms with E-state index >= 15 is 0 Å². The molecule has 0 spiro atoms. The van der Waals surface area contributed by atoms with Gasteiger partial charge in [-0.25, -0.2) is 4.68 Å². The third kappa shape index (κ3) is 2.82. The first kappa shape index (κ1) is 12.5. The molecule has 0 aliphatic heterocycles. The van der Waals surface area contributed by atoms with E-state index in [1.807, 2.05) is 25.3 Å². The van der Waals surface area contributed by atoms with Gasteiger partial charge in [0.05, 0.1) is 17.3 Å². The van der Waals surface area contributed by atoms with Crippen molar-refractivity contribution in [1.82, 2.24) is 15.0 Å². The lowest BCUT2D eigenvalue weighted by Gasteiger charge is -2.02. The normalized spacial score (nSPS) is 12.6. The summed E-state index contributed by atoms with van der Waals surface area (Å²) < 4.78 is 1.76. The highest BCUT2D eigenvalue weighted by Gasteiger charge is 2.10. The van der Waals surface area contributed by atoms with Gasteiger partial charge in [-0.2, -0.15) is 0 Å². The maximum absolute atomic E-state index is 6.13. The van der Waals surface area contributed by atoms with Crippen LogP contribution in [0.5, 0.6) is 0 Å². The van der Waals surface area contributed by atoms with Gasteiger partial charge in [-0.05, 0) is 30.9 Å². The zero-order valence-electron chi connectivity index (χ0n) is 9.80. The number of rotatable bonds is 4. The van der Waals surface area contributed by atoms with E-state index in [1.165, 1.54) is 4.90 Å². The van der Waals surface area contributed by atoms with Crippen LogP contribution in [0.15, 0.2) is 35.4 Å². The lowest BCUT2D eigenvalue weighted by atomic mass is 10.2. The minimum Gasteiger partial charge on any atom is -0.220 e. The maximum atomic E-state index is 6.13. The van der Waals surface area contributed by atoms with Crippen LogP contribution in [0.1, 0.15) is 24.4 Å². The lowest BCUT2D eigenvalue weighted by molar-refractivity contribution is 0.784. The van der Waals surface area contributed by atoms with Crippen molar-refractivity contribution in [3.63, 3.8) is 0 Å². The number of halogens is 1. The number of hydrogen-bond acceptors (Lipinski definition) is 3. The van der Waals surface area contributed by atoms with Crippen molar-refractivity contribution in [1.29, 1.82) is 0 Å². The summed E-state index contributed by atoms with van der Waals surface area (Å²) in [5, 5.41) is 8.13. The summed E-state index contributed by atoms with van der Waals surface area (Å²) in [6.45, 7) is 2.03. The van der Waals surface area contributed by atoms with E-state index < -0.39 is 0 Å². The van der Waals surface area contributed by atoms with Crippen LogP contribution in [-0.4, -0.2) is 21.2 Å². The minimum atomic E-state index is -0.0625. The number of nitrogens with zero attached hydrogens (tertiary/aromatic N) is 3. The van der Waals surface area contributed by atoms with Crippen LogP contribution >= 0.6 is 23.4 Å². The van der Waals surface area contributed by atoms with Crippen LogP contribution in [-0.2, 0) is 0 Å². The molecule has 3 nitrogen and oxygen atoms in total. The van der Waals surface area contributed by atoms with Crippen molar-refractivity contribution < 1.29 is 0 Å². The van der Waals surface area contributed by atoms with E-state index in [1.54, 1.807) is 16.4 Å². The predicted octanol–water partition coefficient (Wildman–Crippen LogP) is 3.68. The Hall–Kier alpha value is -1.00. The number of hydrogen-bond donors (Lipinski definition) is 0. The van der Waals surface area contributed by atoms with Crippen LogP contribution in [0.2, 0.25) is 0 Å². The zero-order valence-corrected chi connectivity index (χ0v) is 11.4. The first-order valence-corrected chi connectivity index (χ1v) is 7.11. The maximum Gasteiger partial charge on any atom is 0.101 e. The van der Waals surface area contributed by atoms with Gasteiger partial charge in [0.2, 0.25) is 0 Å². The minimum absolute atomic E-state index is 0.0625. The Bertz CT molecular complexity index is 498. The number of alkyl halides is 1. The highest BCUT2D eigenvalue weighted by molar-refractivity contribution is 7.98. The molecule has 0 aliphatic rings. The average Bonchev–Trinajstić information content (AvgIpc) is 2.87. The highest BCUT2D eigenvalue weighted by atomic mass is 35.5. The van der Waals surface area contributed by atoms with Crippen LogP contribution < -0.4 is 0 Å². The molecule has 1 atom stereocenters. The molecule has 0 fully saturated rings. The van der Waals surface area contributed by atoms with E-state index in [-0.39, 0.29) is 5.38 Å². The summed E-state index contributed by atoms with van der Waals surface area (Å²) >= 11 is 7.84. The molecule has 17 heavy (non-hydrogen) atoms. The van der Waals surface area contributed by atoms with Crippen molar-refractivity contribution in [2.24, 2.45) is 0 Å². The van der Waals surface area contributed by atoms with Gasteiger partial charge in [-0.1, -0.05) is 18.2 Å². The molecule has 1 aromatic carbocycles. The Morgan fingerprint density at radius 2 is 2.29 bits per heavy atom. The summed E-state index contributed by atoms with van der Waals surface area (Å²) in [5.74, 6) is 0. The van der Waals surface area contributed by atoms with E-state index in [0.29, 0.717) is 0 Å². The van der Waals surface area contributed by atoms with E-state index in [9.17, 15) is 0 Å². The zero-order chi connectivity index (χ0) is 12.3. The Morgan fingerprint density at radius 3 is 3.00 bits per heavy atom. The van der Waals surface area contributed by atoms with Crippen LogP contribution in [0.4, 0.5) is 0 Å². The summed E-state index contributed by atoms with van der Waals surface area (Å²) in [4.78, 5) is 1.21. The smallest absolute Gasteiger partial charge is 0.101 e. The van der Waals surface area contributed by atoms with Gasteiger partial charge in [0, 0.05) is 4.90 Å². The molecule has 0 N–H and O–H groups in total. The van der Waals surface area contributed by atoms with Crippen molar-refractivity contribution in [2.45, 2.75) is 23.6 Å². The molecule has 1 unspecified atom stereocenters. The first-order chi connectivity index (χ1) is 8.24. The molecular formula is C12H14ClN3S. The van der Waals surface area contributed by atoms with Crippen molar-refractivity contribution >= 4 is 23.4 Å². The molecule has 5 heteroatoms. The van der Waals surface area contributed by atoms with Gasteiger partial charge in [0.1, 0.15) is 5.69 Å². The molecule has 0 radical (unpaired) electrons. The topological polar surface area (TPSA) is 30.7 Å². The monoisotopic (exact) mass is 267 g/mol. The van der Waals surface area contributed by atoms with E-state index in [4.69, 9.17) is 11.6 Å². The Morgan fingerprint density at radius 1 is 1.47 bits per heavy atom. The van der Waals surface area contributed by atoms with Crippen LogP contribution in [0, 0.1) is 0 Å². The molecule has 2 aromatic rings. The van der Waals surface area contributed by atoms with Gasteiger partial charge < -0.3 is 0 Å². The fourth-order valence-electron chi connectivity index (χ4n) is 1.51. The van der Waals surface area contributed by atoms with Gasteiger partial charge in [0.25, 0.3) is 0 Å². The van der Waals surface area contributed by atoms with Crippen LogP contribution in [0.25, 0.3) is 5.69 Å². The Balaban J connectivity index is 2.30. The standard InChI is InChI=1S/C12H14ClN3S/c1-3-11(13)12-8-16(15-14-12)9-5-4-6-10(7-9)17-2/h4-8,11H,3H2,1-2H3. The second kappa shape index (κ2) is 5.56. The van der Waals surface area contributed by atoms with Crippen molar-refractivity contribution in [3.05, 3.63) is 36.2 Å². The molecule has 0 amide bonds. The van der Waals surface area contributed by atoms with Gasteiger partial charge >= 0.3 is 0 Å². The molecule has 0 saturated heterocycles. The summed E-state index contributed by atoms with van der Waals surface area (Å²) in [6.07, 6.45) is 4.80. The summed E-state index contributed by atoms with van der Waals surface area (Å²) in [5.41, 5.74) is 1.83. The summed E-state index contributed by atoms with van der Waals surface area (Å²) in [6, 6.07) is 8.18. The SMILES string of the molecule is CCC(Cl)c1cn(-c2cccc(SC)c2)nn1. The Kier molecular flexibility index (Phi) is 4.07. The first-order valence-electron chi connectivity index (χ1n) is 5.45. The lowest BCUT2D eigenvalue weighted by Crippen LogP contribution is -1.94. The fraction of sp³-hybridized carbons (Fsp3) is 0.333. The Labute approximate surface area is 110 Å². The number of aromatic nitrogens is 3. The molecule has 0 aliphatic carbocycles. The molecule has 0 saturated carbocycles. The van der Waals surface area contributed by atoms with Gasteiger partial charge in [0.15, 0.2) is 0 Å². The number of benzene rings is 1. The third-order valence-corrected chi connectivity index (χ3v) is 3.77. The van der Waals surface area contributed by atoms with Crippen molar-refractivity contribution in [2.75, 3.05) is 6.26 Å². The summed E-state index contributed by atoms with van der Waals surface area (Å²) in [7, 11) is 0. The largest absolute Gasteiger partial charge is 0.220 e. The molecule has 1 heterocycles. The molecule has 2 rings (SSSR count). The second-order valence-electron chi connectivity index (χ2n) is 3.67. The van der Waals surface area contributed by atoms with E-state index in [2.05, 4.69) is 28.7 Å². The van der Waals surface area contributed by atoms with Gasteiger partial charge in [-0.3, -0.25) is 0 Å². The quantitative estimate of drug-likeness (QED) is 0.625.